The molecular formula is C20H25. The molecule has 1 atom stereocenters. The number of benzene rings is 2. The summed E-state index contributed by atoms with van der Waals surface area (Å²) in [7, 11) is 0. The Morgan fingerprint density at radius 1 is 0.850 bits per heavy atom. The summed E-state index contributed by atoms with van der Waals surface area (Å²) in [5, 5.41) is 0. The molecule has 20 heavy (non-hydrogen) atoms. The molecule has 0 nitrogen and oxygen atoms in total. The molecule has 1 radical (unpaired) electrons. The van der Waals surface area contributed by atoms with Crippen LogP contribution >= 0.6 is 0 Å². The van der Waals surface area contributed by atoms with E-state index in [1.807, 2.05) is 0 Å². The highest BCUT2D eigenvalue weighted by Gasteiger charge is 2.27. The van der Waals surface area contributed by atoms with Crippen molar-refractivity contribution in [2.75, 3.05) is 0 Å². The summed E-state index contributed by atoms with van der Waals surface area (Å²) in [5.74, 6) is 2.66. The van der Waals surface area contributed by atoms with Gasteiger partial charge in [-0.2, -0.15) is 0 Å². The van der Waals surface area contributed by atoms with Crippen molar-refractivity contribution >= 4 is 0 Å². The van der Waals surface area contributed by atoms with E-state index in [1.165, 1.54) is 24.0 Å². The summed E-state index contributed by atoms with van der Waals surface area (Å²) in [6, 6.07) is 21.8. The average Bonchev–Trinajstić information content (AvgIpc) is 2.48. The molecule has 0 aliphatic rings. The van der Waals surface area contributed by atoms with E-state index in [0.717, 1.165) is 0 Å². The topological polar surface area (TPSA) is 0 Å². The summed E-state index contributed by atoms with van der Waals surface area (Å²) < 4.78 is 0. The first-order valence-electron chi connectivity index (χ1n) is 7.71. The third-order valence-electron chi connectivity index (χ3n) is 3.88. The first-order valence-corrected chi connectivity index (χ1v) is 7.71. The quantitative estimate of drug-likeness (QED) is 0.614. The molecule has 2 rings (SSSR count). The molecule has 2 aromatic carbocycles. The predicted octanol–water partition coefficient (Wildman–Crippen LogP) is 5.85. The molecule has 0 amide bonds. The van der Waals surface area contributed by atoms with E-state index in [4.69, 9.17) is 0 Å². The largest absolute Gasteiger partial charge is 0.0654 e. The van der Waals surface area contributed by atoms with Crippen molar-refractivity contribution in [3.63, 3.8) is 0 Å². The average molecular weight is 265 g/mol. The van der Waals surface area contributed by atoms with Crippen molar-refractivity contribution in [1.29, 1.82) is 0 Å². The molecule has 0 heteroatoms. The van der Waals surface area contributed by atoms with E-state index >= 15 is 0 Å². The van der Waals surface area contributed by atoms with Crippen molar-refractivity contribution < 1.29 is 0 Å². The van der Waals surface area contributed by atoms with Crippen LogP contribution in [0.2, 0.25) is 0 Å². The Morgan fingerprint density at radius 2 is 1.40 bits per heavy atom. The fraction of sp³-hybridized carbons (Fsp3) is 0.350. The third-order valence-corrected chi connectivity index (χ3v) is 3.88. The Kier molecular flexibility index (Phi) is 5.40. The van der Waals surface area contributed by atoms with Crippen molar-refractivity contribution in [3.05, 3.63) is 77.7 Å². The Hall–Kier alpha value is -1.56. The van der Waals surface area contributed by atoms with Crippen LogP contribution in [0.4, 0.5) is 0 Å². The summed E-state index contributed by atoms with van der Waals surface area (Å²) in [4.78, 5) is 0. The smallest absolute Gasteiger partial charge is 0.0150 e. The molecule has 105 valence electrons. The minimum absolute atomic E-state index is 0.531. The molecule has 0 saturated heterocycles. The van der Waals surface area contributed by atoms with Gasteiger partial charge in [-0.1, -0.05) is 87.9 Å². The zero-order chi connectivity index (χ0) is 14.4. The van der Waals surface area contributed by atoms with E-state index in [9.17, 15) is 0 Å². The van der Waals surface area contributed by atoms with Gasteiger partial charge in [-0.05, 0) is 29.4 Å². The van der Waals surface area contributed by atoms with Gasteiger partial charge < -0.3 is 0 Å². The van der Waals surface area contributed by atoms with Crippen LogP contribution in [0.15, 0.2) is 60.7 Å². The second-order valence-electron chi connectivity index (χ2n) is 5.73. The third kappa shape index (κ3) is 3.50. The minimum atomic E-state index is 0.531. The summed E-state index contributed by atoms with van der Waals surface area (Å²) in [6.45, 7) is 6.90. The van der Waals surface area contributed by atoms with Crippen LogP contribution in [0, 0.1) is 11.8 Å². The molecule has 1 unspecified atom stereocenters. The monoisotopic (exact) mass is 265 g/mol. The van der Waals surface area contributed by atoms with Crippen molar-refractivity contribution in [1.82, 2.24) is 0 Å². The second kappa shape index (κ2) is 7.28. The van der Waals surface area contributed by atoms with Gasteiger partial charge in [-0.25, -0.2) is 0 Å². The molecule has 0 aliphatic heterocycles. The van der Waals surface area contributed by atoms with E-state index in [-0.39, 0.29) is 0 Å². The first kappa shape index (κ1) is 14.8. The maximum Gasteiger partial charge on any atom is 0.0150 e. The summed E-state index contributed by atoms with van der Waals surface area (Å²) in [5.41, 5.74) is 2.84. The van der Waals surface area contributed by atoms with Crippen molar-refractivity contribution in [2.24, 2.45) is 5.92 Å². The Morgan fingerprint density at radius 3 is 1.90 bits per heavy atom. The molecule has 0 bridgehead atoms. The lowest BCUT2D eigenvalue weighted by atomic mass is 9.73. The van der Waals surface area contributed by atoms with Gasteiger partial charge in [0.15, 0.2) is 0 Å². The van der Waals surface area contributed by atoms with Crippen LogP contribution in [-0.4, -0.2) is 0 Å². The van der Waals surface area contributed by atoms with Gasteiger partial charge in [-0.3, -0.25) is 0 Å². The lowest BCUT2D eigenvalue weighted by molar-refractivity contribution is 0.536. The minimum Gasteiger partial charge on any atom is -0.0654 e. The maximum atomic E-state index is 2.31. The molecule has 0 aliphatic carbocycles. The van der Waals surface area contributed by atoms with Gasteiger partial charge >= 0.3 is 0 Å². The van der Waals surface area contributed by atoms with Crippen molar-refractivity contribution in [2.45, 2.75) is 39.5 Å². The van der Waals surface area contributed by atoms with E-state index in [1.54, 1.807) is 5.92 Å². The fourth-order valence-corrected chi connectivity index (χ4v) is 3.04. The van der Waals surface area contributed by atoms with Crippen LogP contribution in [0.25, 0.3) is 0 Å². The molecule has 0 heterocycles. The van der Waals surface area contributed by atoms with Gasteiger partial charge in [0.05, 0.1) is 0 Å². The van der Waals surface area contributed by atoms with Crippen molar-refractivity contribution in [3.8, 4) is 0 Å². The summed E-state index contributed by atoms with van der Waals surface area (Å²) >= 11 is 0. The van der Waals surface area contributed by atoms with Crippen LogP contribution < -0.4 is 0 Å². The molecule has 2 aromatic rings. The van der Waals surface area contributed by atoms with Crippen LogP contribution in [-0.2, 0) is 0 Å². The molecular weight excluding hydrogens is 240 g/mol. The van der Waals surface area contributed by atoms with Crippen LogP contribution in [0.3, 0.4) is 0 Å². The Labute approximate surface area is 123 Å². The number of hydrogen-bond donors (Lipinski definition) is 0. The van der Waals surface area contributed by atoms with E-state index in [2.05, 4.69) is 81.4 Å². The zero-order valence-electron chi connectivity index (χ0n) is 12.8. The van der Waals surface area contributed by atoms with Gasteiger partial charge in [0.25, 0.3) is 0 Å². The fourth-order valence-electron chi connectivity index (χ4n) is 3.04. The molecule has 0 N–H and O–H groups in total. The zero-order valence-corrected chi connectivity index (χ0v) is 12.8. The highest BCUT2D eigenvalue weighted by Crippen LogP contribution is 2.40. The lowest BCUT2D eigenvalue weighted by Gasteiger charge is -2.30. The normalized spacial score (nSPS) is 12.8. The van der Waals surface area contributed by atoms with E-state index < -0.39 is 0 Å². The van der Waals surface area contributed by atoms with Gasteiger partial charge in [0.2, 0.25) is 0 Å². The van der Waals surface area contributed by atoms with Crippen LogP contribution in [0.5, 0.6) is 0 Å². The molecule has 0 saturated carbocycles. The van der Waals surface area contributed by atoms with Crippen LogP contribution in [0.1, 0.15) is 50.7 Å². The molecule has 0 fully saturated rings. The Balaban J connectivity index is 2.38. The first-order chi connectivity index (χ1) is 9.74. The lowest BCUT2D eigenvalue weighted by Crippen LogP contribution is -2.18. The number of hydrogen-bond acceptors (Lipinski definition) is 0. The van der Waals surface area contributed by atoms with Gasteiger partial charge in [0, 0.05) is 5.92 Å². The van der Waals surface area contributed by atoms with E-state index in [0.29, 0.717) is 11.8 Å². The molecule has 0 spiro atoms. The summed E-state index contributed by atoms with van der Waals surface area (Å²) in [6.07, 6.45) is 2.43. The van der Waals surface area contributed by atoms with Gasteiger partial charge in [-0.15, -0.1) is 0 Å². The highest BCUT2D eigenvalue weighted by atomic mass is 14.3. The Bertz CT molecular complexity index is 484. The standard InChI is InChI=1S/C20H25/c1-4-11-19(17-12-7-5-8-13-17)20(16(2)3)18-14-9-6-10-15-18/h5-10,12-16,19H,4,11H2,1-3H3. The number of rotatable bonds is 6. The maximum absolute atomic E-state index is 2.31. The molecule has 0 aromatic heterocycles. The second-order valence-corrected chi connectivity index (χ2v) is 5.73. The SMILES string of the molecule is CCCC([C](c1ccccc1)C(C)C)c1ccccc1. The highest BCUT2D eigenvalue weighted by molar-refractivity contribution is 5.39. The van der Waals surface area contributed by atoms with Gasteiger partial charge in [0.1, 0.15) is 0 Å². The predicted molar refractivity (Wildman–Crippen MR) is 87.7 cm³/mol.